The summed E-state index contributed by atoms with van der Waals surface area (Å²) in [6, 6.07) is 8.51. The van der Waals surface area contributed by atoms with Crippen molar-refractivity contribution in [3.8, 4) is 0 Å². The van der Waals surface area contributed by atoms with E-state index in [4.69, 9.17) is 4.42 Å². The average molecular weight is 274 g/mol. The maximum atomic E-state index is 11.9. The van der Waals surface area contributed by atoms with E-state index in [2.05, 4.69) is 10.6 Å². The Kier molecular flexibility index (Phi) is 4.49. The highest BCUT2D eigenvalue weighted by molar-refractivity contribution is 5.96. The molecule has 2 aromatic rings. The Balaban J connectivity index is 2.08. The van der Waals surface area contributed by atoms with E-state index in [0.717, 1.165) is 0 Å². The van der Waals surface area contributed by atoms with Crippen LogP contribution in [0.2, 0.25) is 0 Å². The summed E-state index contributed by atoms with van der Waals surface area (Å²) in [4.78, 5) is 33.6. The van der Waals surface area contributed by atoms with E-state index >= 15 is 0 Å². The fraction of sp³-hybridized carbons (Fsp3) is 0.214. The maximum Gasteiger partial charge on any atom is 0.349 e. The summed E-state index contributed by atoms with van der Waals surface area (Å²) in [6.07, 6.45) is 1.18. The number of hydrogen-bond donors (Lipinski definition) is 2. The molecule has 0 saturated carbocycles. The number of fused-ring (bicyclic) bond motifs is 1. The first kappa shape index (κ1) is 13.8. The number of carbonyl (C=O) groups is 2. The third-order valence-electron chi connectivity index (χ3n) is 2.75. The van der Waals surface area contributed by atoms with Crippen LogP contribution in [0.15, 0.2) is 39.5 Å². The van der Waals surface area contributed by atoms with Crippen LogP contribution >= 0.6 is 0 Å². The second-order valence-corrected chi connectivity index (χ2v) is 4.17. The highest BCUT2D eigenvalue weighted by Crippen LogP contribution is 2.12. The Morgan fingerprint density at radius 2 is 2.05 bits per heavy atom. The number of benzene rings is 1. The molecule has 0 bridgehead atoms. The minimum atomic E-state index is -0.660. The van der Waals surface area contributed by atoms with Crippen molar-refractivity contribution in [2.75, 3.05) is 13.1 Å². The first-order valence-electron chi connectivity index (χ1n) is 6.20. The van der Waals surface area contributed by atoms with E-state index in [1.54, 1.807) is 24.3 Å². The summed E-state index contributed by atoms with van der Waals surface area (Å²) >= 11 is 0. The van der Waals surface area contributed by atoms with Crippen LogP contribution in [0, 0.1) is 0 Å². The van der Waals surface area contributed by atoms with Crippen molar-refractivity contribution in [1.82, 2.24) is 10.6 Å². The lowest BCUT2D eigenvalue weighted by Crippen LogP contribution is -2.30. The second kappa shape index (κ2) is 6.51. The Morgan fingerprint density at radius 3 is 2.85 bits per heavy atom. The number of carbonyl (C=O) groups excluding carboxylic acids is 2. The smallest absolute Gasteiger partial charge is 0.349 e. The van der Waals surface area contributed by atoms with Crippen LogP contribution in [-0.4, -0.2) is 25.4 Å². The molecule has 0 fully saturated rings. The zero-order valence-electron chi connectivity index (χ0n) is 10.7. The van der Waals surface area contributed by atoms with Gasteiger partial charge in [-0.2, -0.15) is 0 Å². The van der Waals surface area contributed by atoms with Crippen LogP contribution in [0.25, 0.3) is 11.0 Å². The molecular weight excluding hydrogens is 260 g/mol. The van der Waals surface area contributed by atoms with Gasteiger partial charge in [0.15, 0.2) is 0 Å². The minimum Gasteiger partial charge on any atom is -0.422 e. The highest BCUT2D eigenvalue weighted by atomic mass is 16.4. The molecule has 2 N–H and O–H groups in total. The molecule has 1 heterocycles. The zero-order chi connectivity index (χ0) is 14.4. The van der Waals surface area contributed by atoms with Crippen LogP contribution in [0.4, 0.5) is 0 Å². The predicted octanol–water partition coefficient (Wildman–Crippen LogP) is 0.659. The molecule has 0 aliphatic carbocycles. The van der Waals surface area contributed by atoms with Gasteiger partial charge in [-0.1, -0.05) is 18.2 Å². The molecule has 0 spiro atoms. The van der Waals surface area contributed by atoms with Gasteiger partial charge in [-0.15, -0.1) is 0 Å². The van der Waals surface area contributed by atoms with Gasteiger partial charge in [-0.25, -0.2) is 4.79 Å². The lowest BCUT2D eigenvalue weighted by Gasteiger charge is -2.04. The number of rotatable bonds is 6. The molecule has 1 aromatic carbocycles. The standard InChI is InChI=1S/C14H14N2O4/c17-9-15-6-3-7-16-13(18)11-8-10-4-1-2-5-12(10)20-14(11)19/h1-2,4-5,8-9H,3,6-7H2,(H,15,17)(H,16,18). The first-order valence-corrected chi connectivity index (χ1v) is 6.20. The SMILES string of the molecule is O=CNCCCNC(=O)c1cc2ccccc2oc1=O. The normalized spacial score (nSPS) is 10.2. The molecule has 1 aromatic heterocycles. The summed E-state index contributed by atoms with van der Waals surface area (Å²) in [7, 11) is 0. The Morgan fingerprint density at radius 1 is 1.25 bits per heavy atom. The molecule has 20 heavy (non-hydrogen) atoms. The van der Waals surface area contributed by atoms with Gasteiger partial charge in [-0.05, 0) is 18.6 Å². The van der Waals surface area contributed by atoms with E-state index < -0.39 is 11.5 Å². The average Bonchev–Trinajstić information content (AvgIpc) is 2.46. The van der Waals surface area contributed by atoms with E-state index in [9.17, 15) is 14.4 Å². The van der Waals surface area contributed by atoms with Gasteiger partial charge in [0.05, 0.1) is 0 Å². The summed E-state index contributed by atoms with van der Waals surface area (Å²) in [5.41, 5.74) is -0.233. The summed E-state index contributed by atoms with van der Waals surface area (Å²) in [6.45, 7) is 0.835. The van der Waals surface area contributed by atoms with Gasteiger partial charge >= 0.3 is 5.63 Å². The van der Waals surface area contributed by atoms with Crippen molar-refractivity contribution in [1.29, 1.82) is 0 Å². The molecule has 0 aliphatic heterocycles. The Labute approximate surface area is 114 Å². The van der Waals surface area contributed by atoms with E-state index in [0.29, 0.717) is 36.9 Å². The van der Waals surface area contributed by atoms with E-state index in [-0.39, 0.29) is 5.56 Å². The van der Waals surface area contributed by atoms with Crippen molar-refractivity contribution in [3.05, 3.63) is 46.3 Å². The van der Waals surface area contributed by atoms with Gasteiger partial charge < -0.3 is 15.1 Å². The van der Waals surface area contributed by atoms with Gasteiger partial charge in [0.2, 0.25) is 6.41 Å². The summed E-state index contributed by atoms with van der Waals surface area (Å²) in [5.74, 6) is -0.476. The summed E-state index contributed by atoms with van der Waals surface area (Å²) in [5, 5.41) is 5.79. The molecule has 0 saturated heterocycles. The van der Waals surface area contributed by atoms with Crippen molar-refractivity contribution in [2.24, 2.45) is 0 Å². The molecule has 0 aliphatic rings. The molecule has 2 rings (SSSR count). The highest BCUT2D eigenvalue weighted by Gasteiger charge is 2.12. The van der Waals surface area contributed by atoms with Crippen LogP contribution in [0.5, 0.6) is 0 Å². The minimum absolute atomic E-state index is 0.0213. The monoisotopic (exact) mass is 274 g/mol. The van der Waals surface area contributed by atoms with Crippen molar-refractivity contribution in [3.63, 3.8) is 0 Å². The lowest BCUT2D eigenvalue weighted by molar-refractivity contribution is -0.109. The molecule has 104 valence electrons. The third kappa shape index (κ3) is 3.23. The van der Waals surface area contributed by atoms with Crippen molar-refractivity contribution < 1.29 is 14.0 Å². The molecule has 2 amide bonds. The van der Waals surface area contributed by atoms with E-state index in [1.165, 1.54) is 6.07 Å². The molecule has 6 heteroatoms. The molecular formula is C14H14N2O4. The fourth-order valence-corrected chi connectivity index (χ4v) is 1.77. The topological polar surface area (TPSA) is 88.4 Å². The number of hydrogen-bond acceptors (Lipinski definition) is 4. The Bertz CT molecular complexity index is 678. The van der Waals surface area contributed by atoms with Crippen molar-refractivity contribution in [2.45, 2.75) is 6.42 Å². The molecule has 0 atom stereocenters. The second-order valence-electron chi connectivity index (χ2n) is 4.17. The van der Waals surface area contributed by atoms with Gasteiger partial charge in [-0.3, -0.25) is 9.59 Å². The van der Waals surface area contributed by atoms with Crippen LogP contribution in [-0.2, 0) is 4.79 Å². The van der Waals surface area contributed by atoms with Crippen LogP contribution < -0.4 is 16.3 Å². The van der Waals surface area contributed by atoms with Gasteiger partial charge in [0, 0.05) is 18.5 Å². The van der Waals surface area contributed by atoms with Gasteiger partial charge in [0.25, 0.3) is 5.91 Å². The number of nitrogens with one attached hydrogen (secondary N) is 2. The quantitative estimate of drug-likeness (QED) is 0.460. The number of amides is 2. The van der Waals surface area contributed by atoms with Gasteiger partial charge in [0.1, 0.15) is 11.1 Å². The van der Waals surface area contributed by atoms with Crippen LogP contribution in [0.1, 0.15) is 16.8 Å². The maximum absolute atomic E-state index is 11.9. The first-order chi connectivity index (χ1) is 9.72. The molecule has 6 nitrogen and oxygen atoms in total. The lowest BCUT2D eigenvalue weighted by atomic mass is 10.2. The van der Waals surface area contributed by atoms with Crippen molar-refractivity contribution >= 4 is 23.3 Å². The predicted molar refractivity (Wildman–Crippen MR) is 73.5 cm³/mol. The molecule has 0 radical (unpaired) electrons. The zero-order valence-corrected chi connectivity index (χ0v) is 10.7. The number of para-hydroxylation sites is 1. The largest absolute Gasteiger partial charge is 0.422 e. The van der Waals surface area contributed by atoms with Crippen LogP contribution in [0.3, 0.4) is 0 Å². The Hall–Kier alpha value is -2.63. The molecule has 0 unspecified atom stereocenters. The van der Waals surface area contributed by atoms with E-state index in [1.807, 2.05) is 0 Å². The fourth-order valence-electron chi connectivity index (χ4n) is 1.77. The third-order valence-corrected chi connectivity index (χ3v) is 2.75. The summed E-state index contributed by atoms with van der Waals surface area (Å²) < 4.78 is 5.08.